The quantitative estimate of drug-likeness (QED) is 0.342. The van der Waals surface area contributed by atoms with Crippen LogP contribution in [0.25, 0.3) is 11.3 Å². The molecule has 1 fully saturated rings. The predicted molar refractivity (Wildman–Crippen MR) is 141 cm³/mol. The van der Waals surface area contributed by atoms with Crippen molar-refractivity contribution in [2.24, 2.45) is 5.73 Å². The molecule has 3 heterocycles. The van der Waals surface area contributed by atoms with E-state index in [1.807, 2.05) is 6.07 Å². The number of H-pyrrole nitrogens is 1. The van der Waals surface area contributed by atoms with Crippen LogP contribution in [0.5, 0.6) is 0 Å². The Morgan fingerprint density at radius 3 is 2.79 bits per heavy atom. The Hall–Kier alpha value is -4.25. The second kappa shape index (κ2) is 11.0. The number of nitrogens with two attached hydrogens (primary N) is 1. The first-order valence-electron chi connectivity index (χ1n) is 12.8. The molecule has 2 aromatic heterocycles. The van der Waals surface area contributed by atoms with E-state index in [0.717, 1.165) is 24.1 Å². The number of methoxy groups -OCH3 is 1. The number of anilines is 2. The number of ether oxygens (including phenoxy) is 1. The van der Waals surface area contributed by atoms with Crippen molar-refractivity contribution in [3.05, 3.63) is 59.3 Å². The summed E-state index contributed by atoms with van der Waals surface area (Å²) in [5.41, 5.74) is 10.5. The fraction of sp³-hybridized carbons (Fsp3) is 0.370. The maximum absolute atomic E-state index is 13.3. The highest BCUT2D eigenvalue weighted by molar-refractivity contribution is 5.97. The van der Waals surface area contributed by atoms with Gasteiger partial charge in [0.1, 0.15) is 5.82 Å². The first-order valence-corrected chi connectivity index (χ1v) is 12.8. The van der Waals surface area contributed by atoms with Crippen molar-refractivity contribution < 1.29 is 19.1 Å². The summed E-state index contributed by atoms with van der Waals surface area (Å²) in [7, 11) is 1.28. The SMILES string of the molecule is COC(=O)Nc1ccc2c(c1)NC(=O)CCCC[C@H](NC(=O)c1cnc(CN)c(C3CC3)c1)c1nc-2c[nH]1. The van der Waals surface area contributed by atoms with Crippen molar-refractivity contribution in [3.63, 3.8) is 0 Å². The Morgan fingerprint density at radius 2 is 2.03 bits per heavy atom. The average Bonchev–Trinajstić information content (AvgIpc) is 3.65. The van der Waals surface area contributed by atoms with E-state index in [1.165, 1.54) is 7.11 Å². The normalized spacial score (nSPS) is 17.3. The maximum atomic E-state index is 13.3. The number of fused-ring (bicyclic) bond motifs is 4. The van der Waals surface area contributed by atoms with E-state index in [1.54, 1.807) is 30.6 Å². The van der Waals surface area contributed by atoms with Gasteiger partial charge in [-0.15, -0.1) is 0 Å². The van der Waals surface area contributed by atoms with Crippen molar-refractivity contribution in [1.82, 2.24) is 20.3 Å². The summed E-state index contributed by atoms with van der Waals surface area (Å²) in [6.45, 7) is 0.348. The zero-order valence-corrected chi connectivity index (χ0v) is 21.2. The molecule has 11 heteroatoms. The number of carbonyl (C=O) groups excluding carboxylic acids is 3. The molecule has 1 saturated carbocycles. The minimum atomic E-state index is -0.609. The first-order chi connectivity index (χ1) is 18.4. The first kappa shape index (κ1) is 25.4. The van der Waals surface area contributed by atoms with Gasteiger partial charge in [-0.25, -0.2) is 9.78 Å². The van der Waals surface area contributed by atoms with Gasteiger partial charge in [0.25, 0.3) is 5.91 Å². The zero-order chi connectivity index (χ0) is 26.6. The predicted octanol–water partition coefficient (Wildman–Crippen LogP) is 3.97. The smallest absolute Gasteiger partial charge is 0.411 e. The van der Waals surface area contributed by atoms with E-state index >= 15 is 0 Å². The van der Waals surface area contributed by atoms with Gasteiger partial charge in [0.15, 0.2) is 0 Å². The fourth-order valence-electron chi connectivity index (χ4n) is 4.69. The average molecular weight is 518 g/mol. The summed E-state index contributed by atoms with van der Waals surface area (Å²) in [6.07, 6.45) is 7.18. The fourth-order valence-corrected chi connectivity index (χ4v) is 4.69. The molecular formula is C27H31N7O4. The van der Waals surface area contributed by atoms with Crippen LogP contribution in [0, 0.1) is 0 Å². The van der Waals surface area contributed by atoms with Gasteiger partial charge in [0, 0.05) is 36.6 Å². The molecule has 0 radical (unpaired) electrons. The van der Waals surface area contributed by atoms with Crippen LogP contribution < -0.4 is 21.7 Å². The van der Waals surface area contributed by atoms with Gasteiger partial charge in [-0.3, -0.25) is 19.9 Å². The van der Waals surface area contributed by atoms with Crippen LogP contribution in [0.15, 0.2) is 36.7 Å². The molecule has 0 unspecified atom stereocenters. The number of aromatic amines is 1. The van der Waals surface area contributed by atoms with Gasteiger partial charge in [-0.2, -0.15) is 0 Å². The van der Waals surface area contributed by atoms with Crippen LogP contribution in [0.1, 0.15) is 77.9 Å². The summed E-state index contributed by atoms with van der Waals surface area (Å²) in [5.74, 6) is 0.681. The van der Waals surface area contributed by atoms with Gasteiger partial charge in [-0.1, -0.05) is 6.42 Å². The Bertz CT molecular complexity index is 1370. The molecule has 1 aliphatic carbocycles. The molecule has 1 aromatic carbocycles. The number of imidazole rings is 1. The molecule has 11 nitrogen and oxygen atoms in total. The van der Waals surface area contributed by atoms with E-state index in [-0.39, 0.29) is 17.9 Å². The lowest BCUT2D eigenvalue weighted by Gasteiger charge is -2.18. The topological polar surface area (TPSA) is 164 Å². The number of nitrogens with zero attached hydrogens (tertiary/aromatic N) is 2. The van der Waals surface area contributed by atoms with Crippen molar-refractivity contribution in [1.29, 1.82) is 0 Å². The third kappa shape index (κ3) is 5.67. The van der Waals surface area contributed by atoms with Gasteiger partial charge >= 0.3 is 6.09 Å². The molecule has 5 rings (SSSR count). The van der Waals surface area contributed by atoms with Crippen molar-refractivity contribution in [2.45, 2.75) is 57.0 Å². The van der Waals surface area contributed by atoms with E-state index < -0.39 is 6.09 Å². The highest BCUT2D eigenvalue weighted by Crippen LogP contribution is 2.41. The number of hydrogen-bond donors (Lipinski definition) is 5. The number of rotatable bonds is 5. The monoisotopic (exact) mass is 517 g/mol. The Morgan fingerprint density at radius 1 is 1.18 bits per heavy atom. The molecule has 1 atom stereocenters. The highest BCUT2D eigenvalue weighted by Gasteiger charge is 2.28. The summed E-state index contributed by atoms with van der Waals surface area (Å²) < 4.78 is 4.66. The number of pyridine rings is 1. The second-order valence-electron chi connectivity index (χ2n) is 9.61. The van der Waals surface area contributed by atoms with Crippen molar-refractivity contribution in [3.8, 4) is 11.3 Å². The lowest BCUT2D eigenvalue weighted by molar-refractivity contribution is -0.116. The number of carbonyl (C=O) groups is 3. The van der Waals surface area contributed by atoms with E-state index in [2.05, 4.69) is 30.7 Å². The van der Waals surface area contributed by atoms with Crippen LogP contribution >= 0.6 is 0 Å². The lowest BCUT2D eigenvalue weighted by atomic mass is 10.0. The van der Waals surface area contributed by atoms with Crippen LogP contribution in [0.2, 0.25) is 0 Å². The second-order valence-corrected chi connectivity index (χ2v) is 9.61. The van der Waals surface area contributed by atoms with Crippen LogP contribution in [0.4, 0.5) is 16.2 Å². The van der Waals surface area contributed by atoms with Crippen molar-refractivity contribution in [2.75, 3.05) is 17.7 Å². The minimum Gasteiger partial charge on any atom is -0.453 e. The maximum Gasteiger partial charge on any atom is 0.411 e. The standard InChI is InChI=1S/C27H31N7O4/c1-38-27(37)31-17-8-9-18-21(11-17)32-24(35)5-3-2-4-20(25-30-14-23(18)33-25)34-26(36)16-10-19(15-6-7-15)22(12-28)29-13-16/h8-11,13-15,20H,2-7,12,28H2,1H3,(H,30,33)(H,31,37)(H,32,35)(H,34,36)/t20-/m0/s1. The zero-order valence-electron chi connectivity index (χ0n) is 21.2. The van der Waals surface area contributed by atoms with Gasteiger partial charge < -0.3 is 26.1 Å². The molecule has 198 valence electrons. The van der Waals surface area contributed by atoms with Crippen LogP contribution in [-0.4, -0.2) is 40.0 Å². The molecule has 0 spiro atoms. The third-order valence-electron chi connectivity index (χ3n) is 6.86. The van der Waals surface area contributed by atoms with E-state index in [9.17, 15) is 14.4 Å². The third-order valence-corrected chi connectivity index (χ3v) is 6.86. The van der Waals surface area contributed by atoms with Gasteiger partial charge in [0.05, 0.1) is 35.8 Å². The molecule has 3 amide bonds. The largest absolute Gasteiger partial charge is 0.453 e. The Kier molecular flexibility index (Phi) is 7.36. The molecule has 38 heavy (non-hydrogen) atoms. The molecule has 6 N–H and O–H groups in total. The number of amides is 3. The highest BCUT2D eigenvalue weighted by atomic mass is 16.5. The van der Waals surface area contributed by atoms with Crippen LogP contribution in [0.3, 0.4) is 0 Å². The molecule has 1 aliphatic heterocycles. The summed E-state index contributed by atoms with van der Waals surface area (Å²) in [4.78, 5) is 50.0. The molecule has 3 aromatic rings. The molecule has 2 aliphatic rings. The van der Waals surface area contributed by atoms with Gasteiger partial charge in [-0.05, 0) is 61.4 Å². The minimum absolute atomic E-state index is 0.142. The summed E-state index contributed by atoms with van der Waals surface area (Å²) >= 11 is 0. The molecule has 0 saturated heterocycles. The van der Waals surface area contributed by atoms with E-state index in [0.29, 0.717) is 72.2 Å². The number of nitrogens with one attached hydrogen (secondary N) is 4. The number of benzene rings is 1. The van der Waals surface area contributed by atoms with E-state index in [4.69, 9.17) is 10.7 Å². The summed E-state index contributed by atoms with van der Waals surface area (Å²) in [5, 5.41) is 8.65. The number of hydrogen-bond acceptors (Lipinski definition) is 7. The number of aromatic nitrogens is 3. The Balaban J connectivity index is 1.42. The molecular weight excluding hydrogens is 486 g/mol. The lowest BCUT2D eigenvalue weighted by Crippen LogP contribution is -2.30. The summed E-state index contributed by atoms with van der Waals surface area (Å²) in [6, 6.07) is 6.67. The van der Waals surface area contributed by atoms with Crippen LogP contribution in [-0.2, 0) is 16.1 Å². The molecule has 2 bridgehead atoms. The van der Waals surface area contributed by atoms with Gasteiger partial charge in [0.2, 0.25) is 5.91 Å². The Labute approximate surface area is 220 Å². The van der Waals surface area contributed by atoms with Crippen molar-refractivity contribution >= 4 is 29.3 Å².